The largest absolute Gasteiger partial charge is 0.416 e. The lowest BCUT2D eigenvalue weighted by molar-refractivity contribution is -0.137. The van der Waals surface area contributed by atoms with Crippen molar-refractivity contribution in [2.24, 2.45) is 7.05 Å². The summed E-state index contributed by atoms with van der Waals surface area (Å²) in [7, 11) is 3.54. The average molecular weight is 301 g/mol. The highest BCUT2D eigenvalue weighted by Crippen LogP contribution is 2.30. The fourth-order valence-corrected chi connectivity index (χ4v) is 2.14. The van der Waals surface area contributed by atoms with Crippen molar-refractivity contribution in [3.8, 4) is 0 Å². The van der Waals surface area contributed by atoms with Gasteiger partial charge in [0.25, 0.3) is 0 Å². The van der Waals surface area contributed by atoms with Gasteiger partial charge in [0.05, 0.1) is 11.8 Å². The molecule has 0 N–H and O–H groups in total. The minimum Gasteiger partial charge on any atom is -0.298 e. The van der Waals surface area contributed by atoms with Crippen LogP contribution in [0, 0.1) is 5.82 Å². The monoisotopic (exact) mass is 301 g/mol. The van der Waals surface area contributed by atoms with Gasteiger partial charge in [-0.15, -0.1) is 0 Å². The van der Waals surface area contributed by atoms with Crippen molar-refractivity contribution in [2.75, 3.05) is 7.05 Å². The summed E-state index contributed by atoms with van der Waals surface area (Å²) in [4.78, 5) is 1.80. The number of aromatic nitrogens is 2. The molecule has 0 bridgehead atoms. The van der Waals surface area contributed by atoms with Crippen LogP contribution in [0.1, 0.15) is 16.7 Å². The molecule has 2 rings (SSSR count). The molecular formula is C14H15F4N3. The van der Waals surface area contributed by atoms with Crippen molar-refractivity contribution >= 4 is 0 Å². The van der Waals surface area contributed by atoms with Gasteiger partial charge in [0.1, 0.15) is 5.82 Å². The molecule has 0 amide bonds. The predicted molar refractivity (Wildman–Crippen MR) is 69.8 cm³/mol. The van der Waals surface area contributed by atoms with Crippen LogP contribution >= 0.6 is 0 Å². The number of alkyl halides is 3. The molecule has 3 nitrogen and oxygen atoms in total. The number of benzene rings is 1. The van der Waals surface area contributed by atoms with E-state index in [1.807, 2.05) is 6.20 Å². The molecule has 0 unspecified atom stereocenters. The fraction of sp³-hybridized carbons (Fsp3) is 0.357. The van der Waals surface area contributed by atoms with Crippen molar-refractivity contribution in [1.82, 2.24) is 14.7 Å². The minimum atomic E-state index is -4.54. The Morgan fingerprint density at radius 3 is 2.38 bits per heavy atom. The Labute approximate surface area is 119 Å². The molecular weight excluding hydrogens is 286 g/mol. The summed E-state index contributed by atoms with van der Waals surface area (Å²) in [6.45, 7) is 0.738. The van der Waals surface area contributed by atoms with Gasteiger partial charge < -0.3 is 0 Å². The van der Waals surface area contributed by atoms with Crippen LogP contribution in [0.3, 0.4) is 0 Å². The third-order valence-electron chi connectivity index (χ3n) is 2.95. The molecule has 0 spiro atoms. The van der Waals surface area contributed by atoms with Gasteiger partial charge in [0.2, 0.25) is 0 Å². The van der Waals surface area contributed by atoms with Crippen molar-refractivity contribution in [1.29, 1.82) is 0 Å². The van der Waals surface area contributed by atoms with Crippen LogP contribution in [0.4, 0.5) is 17.6 Å². The Bertz CT molecular complexity index is 619. The normalized spacial score (nSPS) is 12.1. The second-order valence-corrected chi connectivity index (χ2v) is 5.04. The van der Waals surface area contributed by atoms with Crippen molar-refractivity contribution < 1.29 is 17.6 Å². The van der Waals surface area contributed by atoms with E-state index in [-0.39, 0.29) is 12.1 Å². The maximum absolute atomic E-state index is 13.3. The van der Waals surface area contributed by atoms with Gasteiger partial charge >= 0.3 is 6.18 Å². The Morgan fingerprint density at radius 1 is 1.14 bits per heavy atom. The van der Waals surface area contributed by atoms with E-state index < -0.39 is 17.6 Å². The van der Waals surface area contributed by atoms with Gasteiger partial charge in [-0.3, -0.25) is 9.58 Å². The Morgan fingerprint density at radius 2 is 1.81 bits per heavy atom. The van der Waals surface area contributed by atoms with E-state index in [9.17, 15) is 17.6 Å². The summed E-state index contributed by atoms with van der Waals surface area (Å²) in [5, 5.41) is 4.02. The molecule has 0 saturated heterocycles. The number of hydrogen-bond donors (Lipinski definition) is 0. The molecule has 0 atom stereocenters. The zero-order chi connectivity index (χ0) is 15.6. The lowest BCUT2D eigenvalue weighted by atomic mass is 10.1. The molecule has 114 valence electrons. The standard InChI is InChI=1S/C14H15F4N3/c1-20(8-11-6-19-21(2)9-11)7-10-3-12(14(16,17)18)5-13(15)4-10/h3-6,9H,7-8H2,1-2H3. The highest BCUT2D eigenvalue weighted by Gasteiger charge is 2.31. The topological polar surface area (TPSA) is 21.1 Å². The number of hydrogen-bond acceptors (Lipinski definition) is 2. The highest BCUT2D eigenvalue weighted by molar-refractivity contribution is 5.26. The molecule has 1 heterocycles. The summed E-state index contributed by atoms with van der Waals surface area (Å²) in [5.41, 5.74) is 0.258. The van der Waals surface area contributed by atoms with Crippen LogP contribution in [0.25, 0.3) is 0 Å². The molecule has 21 heavy (non-hydrogen) atoms. The molecule has 0 radical (unpaired) electrons. The predicted octanol–water partition coefficient (Wildman–Crippen LogP) is 3.21. The first kappa shape index (κ1) is 15.5. The van der Waals surface area contributed by atoms with Crippen LogP contribution < -0.4 is 0 Å². The first-order valence-electron chi connectivity index (χ1n) is 6.27. The zero-order valence-corrected chi connectivity index (χ0v) is 11.7. The van der Waals surface area contributed by atoms with Crippen molar-refractivity contribution in [3.63, 3.8) is 0 Å². The van der Waals surface area contributed by atoms with Crippen LogP contribution in [0.15, 0.2) is 30.6 Å². The second-order valence-electron chi connectivity index (χ2n) is 5.04. The van der Waals surface area contributed by atoms with Crippen LogP contribution in [0.5, 0.6) is 0 Å². The number of halogens is 4. The van der Waals surface area contributed by atoms with Crippen LogP contribution in [-0.4, -0.2) is 21.7 Å². The van der Waals surface area contributed by atoms with Crippen LogP contribution in [0.2, 0.25) is 0 Å². The Balaban J connectivity index is 2.10. The van der Waals surface area contributed by atoms with Crippen molar-refractivity contribution in [3.05, 3.63) is 53.1 Å². The maximum atomic E-state index is 13.3. The van der Waals surface area contributed by atoms with E-state index in [0.717, 1.165) is 17.7 Å². The van der Waals surface area contributed by atoms with Gasteiger partial charge in [0.15, 0.2) is 0 Å². The molecule has 0 aliphatic heterocycles. The molecule has 0 saturated carbocycles. The van der Waals surface area contributed by atoms with E-state index in [0.29, 0.717) is 12.6 Å². The van der Waals surface area contributed by atoms with E-state index in [1.54, 1.807) is 29.9 Å². The lowest BCUT2D eigenvalue weighted by Crippen LogP contribution is -2.17. The number of rotatable bonds is 4. The Kier molecular flexibility index (Phi) is 4.32. The van der Waals surface area contributed by atoms with Crippen LogP contribution in [-0.2, 0) is 26.3 Å². The molecule has 0 aliphatic carbocycles. The molecule has 1 aromatic heterocycles. The highest BCUT2D eigenvalue weighted by atomic mass is 19.4. The molecule has 0 fully saturated rings. The number of nitrogens with zero attached hydrogens (tertiary/aromatic N) is 3. The first-order valence-corrected chi connectivity index (χ1v) is 6.27. The van der Waals surface area contributed by atoms with E-state index in [4.69, 9.17) is 0 Å². The third kappa shape index (κ3) is 4.29. The van der Waals surface area contributed by atoms with Gasteiger partial charge in [-0.1, -0.05) is 0 Å². The molecule has 7 heteroatoms. The summed E-state index contributed by atoms with van der Waals surface area (Å²) in [6.07, 6.45) is -1.04. The first-order chi connectivity index (χ1) is 9.74. The SMILES string of the molecule is CN(Cc1cc(F)cc(C(F)(F)F)c1)Cc1cnn(C)c1. The Hall–Kier alpha value is -1.89. The van der Waals surface area contributed by atoms with E-state index in [2.05, 4.69) is 5.10 Å². The summed E-state index contributed by atoms with van der Waals surface area (Å²) in [6, 6.07) is 2.60. The molecule has 0 aliphatic rings. The molecule has 1 aromatic carbocycles. The van der Waals surface area contributed by atoms with Gasteiger partial charge in [-0.2, -0.15) is 18.3 Å². The quantitative estimate of drug-likeness (QED) is 0.809. The summed E-state index contributed by atoms with van der Waals surface area (Å²) in [5.74, 6) is -0.880. The summed E-state index contributed by atoms with van der Waals surface area (Å²) < 4.78 is 52.9. The summed E-state index contributed by atoms with van der Waals surface area (Å²) >= 11 is 0. The third-order valence-corrected chi connectivity index (χ3v) is 2.95. The second kappa shape index (κ2) is 5.85. The minimum absolute atomic E-state index is 0.218. The van der Waals surface area contributed by atoms with E-state index >= 15 is 0 Å². The van der Waals surface area contributed by atoms with Crippen molar-refractivity contribution in [2.45, 2.75) is 19.3 Å². The number of aryl methyl sites for hydroxylation is 1. The average Bonchev–Trinajstić information content (AvgIpc) is 2.72. The smallest absolute Gasteiger partial charge is 0.298 e. The zero-order valence-electron chi connectivity index (χ0n) is 11.7. The lowest BCUT2D eigenvalue weighted by Gasteiger charge is -2.17. The molecule has 2 aromatic rings. The van der Waals surface area contributed by atoms with E-state index in [1.165, 1.54) is 0 Å². The fourth-order valence-electron chi connectivity index (χ4n) is 2.14. The van der Waals surface area contributed by atoms with Gasteiger partial charge in [-0.05, 0) is 30.8 Å². The maximum Gasteiger partial charge on any atom is 0.416 e. The van der Waals surface area contributed by atoms with Gasteiger partial charge in [0, 0.05) is 31.9 Å². The van der Waals surface area contributed by atoms with Gasteiger partial charge in [-0.25, -0.2) is 4.39 Å².